The van der Waals surface area contributed by atoms with Crippen LogP contribution in [0.1, 0.15) is 5.69 Å². The minimum atomic E-state index is 0. The molecule has 0 bridgehead atoms. The molecule has 2 aromatic rings. The molecule has 2 heterocycles. The first-order valence-corrected chi connectivity index (χ1v) is 4.40. The molecule has 0 aliphatic heterocycles. The van der Waals surface area contributed by atoms with Gasteiger partial charge in [0.2, 0.25) is 0 Å². The van der Waals surface area contributed by atoms with Crippen LogP contribution in [0.25, 0.3) is 5.65 Å². The van der Waals surface area contributed by atoms with Gasteiger partial charge in [-0.2, -0.15) is 0 Å². The van der Waals surface area contributed by atoms with E-state index < -0.39 is 0 Å². The Morgan fingerprint density at radius 2 is 2.23 bits per heavy atom. The highest BCUT2D eigenvalue weighted by atomic mass is 35.5. The monoisotopic (exact) mass is 236 g/mol. The van der Waals surface area contributed by atoms with Crippen molar-refractivity contribution >= 4 is 41.3 Å². The van der Waals surface area contributed by atoms with E-state index in [-0.39, 0.29) is 12.4 Å². The van der Waals surface area contributed by atoms with Crippen LogP contribution < -0.4 is 0 Å². The third kappa shape index (κ3) is 1.90. The lowest BCUT2D eigenvalue weighted by atomic mass is 10.5. The van der Waals surface area contributed by atoms with E-state index in [0.29, 0.717) is 10.9 Å². The standard InChI is InChI=1S/C8H6Cl2N2.ClH/c9-4-6-5-12-3-1-2-7(10)8(12)11-6;/h1-3,5H,4H2;1H. The van der Waals surface area contributed by atoms with Crippen LogP contribution in [0.3, 0.4) is 0 Å². The lowest BCUT2D eigenvalue weighted by molar-refractivity contribution is 1.18. The van der Waals surface area contributed by atoms with E-state index in [1.165, 1.54) is 0 Å². The van der Waals surface area contributed by atoms with E-state index in [4.69, 9.17) is 23.2 Å². The molecule has 0 aliphatic rings. The molecule has 5 heteroatoms. The lowest BCUT2D eigenvalue weighted by Gasteiger charge is -1.92. The lowest BCUT2D eigenvalue weighted by Crippen LogP contribution is -1.80. The molecular formula is C8H7Cl3N2. The van der Waals surface area contributed by atoms with Gasteiger partial charge in [0.05, 0.1) is 16.6 Å². The number of fused-ring (bicyclic) bond motifs is 1. The third-order valence-electron chi connectivity index (χ3n) is 1.62. The Balaban J connectivity index is 0.000000845. The van der Waals surface area contributed by atoms with Crippen molar-refractivity contribution in [1.82, 2.24) is 9.38 Å². The van der Waals surface area contributed by atoms with Gasteiger partial charge in [0, 0.05) is 12.4 Å². The fourth-order valence-electron chi connectivity index (χ4n) is 1.09. The van der Waals surface area contributed by atoms with Gasteiger partial charge in [-0.15, -0.1) is 24.0 Å². The van der Waals surface area contributed by atoms with Gasteiger partial charge >= 0.3 is 0 Å². The average molecular weight is 238 g/mol. The van der Waals surface area contributed by atoms with E-state index >= 15 is 0 Å². The van der Waals surface area contributed by atoms with Crippen molar-refractivity contribution < 1.29 is 0 Å². The molecule has 2 rings (SSSR count). The van der Waals surface area contributed by atoms with Crippen LogP contribution in [0.2, 0.25) is 5.02 Å². The molecule has 0 N–H and O–H groups in total. The van der Waals surface area contributed by atoms with Crippen LogP contribution in [0.5, 0.6) is 0 Å². The Labute approximate surface area is 91.9 Å². The molecule has 2 aromatic heterocycles. The fraction of sp³-hybridized carbons (Fsp3) is 0.125. The van der Waals surface area contributed by atoms with E-state index in [0.717, 1.165) is 11.3 Å². The van der Waals surface area contributed by atoms with Crippen molar-refractivity contribution in [3.05, 3.63) is 35.2 Å². The van der Waals surface area contributed by atoms with E-state index in [1.54, 1.807) is 0 Å². The van der Waals surface area contributed by atoms with E-state index in [1.807, 2.05) is 28.9 Å². The number of hydrogen-bond donors (Lipinski definition) is 0. The van der Waals surface area contributed by atoms with Crippen LogP contribution in [0, 0.1) is 0 Å². The highest BCUT2D eigenvalue weighted by Gasteiger charge is 2.02. The van der Waals surface area contributed by atoms with Crippen LogP contribution in [-0.4, -0.2) is 9.38 Å². The van der Waals surface area contributed by atoms with Gasteiger partial charge in [-0.1, -0.05) is 11.6 Å². The van der Waals surface area contributed by atoms with Crippen molar-refractivity contribution in [2.45, 2.75) is 5.88 Å². The summed E-state index contributed by atoms with van der Waals surface area (Å²) in [5.74, 6) is 0.415. The maximum absolute atomic E-state index is 5.90. The highest BCUT2D eigenvalue weighted by molar-refractivity contribution is 6.33. The third-order valence-corrected chi connectivity index (χ3v) is 2.19. The Morgan fingerprint density at radius 3 is 2.85 bits per heavy atom. The normalized spacial score (nSPS) is 10.0. The summed E-state index contributed by atoms with van der Waals surface area (Å²) in [7, 11) is 0. The molecule has 0 unspecified atom stereocenters. The van der Waals surface area contributed by atoms with Crippen LogP contribution in [0.4, 0.5) is 0 Å². The Hall–Kier alpha value is -0.440. The van der Waals surface area contributed by atoms with Crippen molar-refractivity contribution in [2.75, 3.05) is 0 Å². The summed E-state index contributed by atoms with van der Waals surface area (Å²) in [5.41, 5.74) is 1.60. The summed E-state index contributed by atoms with van der Waals surface area (Å²) in [6.45, 7) is 0. The molecule has 0 radical (unpaired) electrons. The largest absolute Gasteiger partial charge is 0.306 e. The molecule has 13 heavy (non-hydrogen) atoms. The molecule has 0 amide bonds. The summed E-state index contributed by atoms with van der Waals surface area (Å²) < 4.78 is 1.86. The van der Waals surface area contributed by atoms with Crippen LogP contribution >= 0.6 is 35.6 Å². The molecule has 0 aliphatic carbocycles. The molecule has 70 valence electrons. The SMILES string of the molecule is Cl.ClCc1cn2cccc(Cl)c2n1. The summed E-state index contributed by atoms with van der Waals surface area (Å²) in [6, 6.07) is 3.68. The molecule has 0 aromatic carbocycles. The maximum Gasteiger partial charge on any atom is 0.155 e. The van der Waals surface area contributed by atoms with Crippen LogP contribution in [-0.2, 0) is 5.88 Å². The Bertz CT molecular complexity index is 411. The summed E-state index contributed by atoms with van der Waals surface area (Å²) in [6.07, 6.45) is 3.76. The molecule has 0 fully saturated rings. The predicted octanol–water partition coefficient (Wildman–Crippen LogP) is 3.15. The van der Waals surface area contributed by atoms with E-state index in [2.05, 4.69) is 4.98 Å². The number of pyridine rings is 1. The van der Waals surface area contributed by atoms with Gasteiger partial charge in [0.25, 0.3) is 0 Å². The number of halogens is 3. The van der Waals surface area contributed by atoms with Crippen LogP contribution in [0.15, 0.2) is 24.5 Å². The molecule has 0 saturated heterocycles. The first-order chi connectivity index (χ1) is 5.81. The number of imidazole rings is 1. The summed E-state index contributed by atoms with van der Waals surface area (Å²) in [4.78, 5) is 4.23. The highest BCUT2D eigenvalue weighted by Crippen LogP contribution is 2.16. The summed E-state index contributed by atoms with van der Waals surface area (Å²) in [5, 5.41) is 0.647. The second-order valence-electron chi connectivity index (χ2n) is 2.45. The number of aromatic nitrogens is 2. The first kappa shape index (κ1) is 10.6. The van der Waals surface area contributed by atoms with Gasteiger partial charge < -0.3 is 4.40 Å². The number of alkyl halides is 1. The quantitative estimate of drug-likeness (QED) is 0.697. The smallest absolute Gasteiger partial charge is 0.155 e. The van der Waals surface area contributed by atoms with Gasteiger partial charge in [-0.05, 0) is 12.1 Å². The number of hydrogen-bond acceptors (Lipinski definition) is 1. The average Bonchev–Trinajstić information content (AvgIpc) is 2.49. The van der Waals surface area contributed by atoms with Gasteiger partial charge in [-0.25, -0.2) is 4.98 Å². The zero-order chi connectivity index (χ0) is 8.55. The van der Waals surface area contributed by atoms with Crippen molar-refractivity contribution in [3.8, 4) is 0 Å². The second kappa shape index (κ2) is 4.18. The Kier molecular flexibility index (Phi) is 3.42. The maximum atomic E-state index is 5.90. The van der Waals surface area contributed by atoms with Crippen molar-refractivity contribution in [3.63, 3.8) is 0 Å². The second-order valence-corrected chi connectivity index (χ2v) is 3.13. The topological polar surface area (TPSA) is 17.3 Å². The summed E-state index contributed by atoms with van der Waals surface area (Å²) >= 11 is 11.5. The van der Waals surface area contributed by atoms with Crippen molar-refractivity contribution in [1.29, 1.82) is 0 Å². The van der Waals surface area contributed by atoms with Gasteiger partial charge in [-0.3, -0.25) is 0 Å². The minimum Gasteiger partial charge on any atom is -0.306 e. The number of nitrogens with zero attached hydrogens (tertiary/aromatic N) is 2. The fourth-order valence-corrected chi connectivity index (χ4v) is 1.44. The molecular weight excluding hydrogens is 230 g/mol. The Morgan fingerprint density at radius 1 is 1.46 bits per heavy atom. The zero-order valence-electron chi connectivity index (χ0n) is 6.58. The first-order valence-electron chi connectivity index (χ1n) is 3.49. The van der Waals surface area contributed by atoms with E-state index in [9.17, 15) is 0 Å². The zero-order valence-corrected chi connectivity index (χ0v) is 8.90. The molecule has 0 spiro atoms. The minimum absolute atomic E-state index is 0. The van der Waals surface area contributed by atoms with Gasteiger partial charge in [0.1, 0.15) is 0 Å². The molecule has 2 nitrogen and oxygen atoms in total. The van der Waals surface area contributed by atoms with Crippen molar-refractivity contribution in [2.24, 2.45) is 0 Å². The molecule has 0 atom stereocenters. The predicted molar refractivity (Wildman–Crippen MR) is 57.0 cm³/mol. The van der Waals surface area contributed by atoms with Gasteiger partial charge in [0.15, 0.2) is 5.65 Å². The molecule has 0 saturated carbocycles. The number of rotatable bonds is 1.